The molecule has 10 unspecified atom stereocenters. The van der Waals surface area contributed by atoms with Crippen molar-refractivity contribution < 1.29 is 101 Å². The van der Waals surface area contributed by atoms with Gasteiger partial charge in [-0.05, 0) is 57.8 Å². The van der Waals surface area contributed by atoms with E-state index in [4.69, 9.17) is 37.7 Å². The van der Waals surface area contributed by atoms with Crippen molar-refractivity contribution in [3.8, 4) is 0 Å². The molecule has 0 spiro atoms. The molecule has 0 radical (unpaired) electrons. The number of phosphoric ester groups is 1. The first kappa shape index (κ1) is 101. The highest BCUT2D eigenvalue weighted by atomic mass is 31.2. The van der Waals surface area contributed by atoms with E-state index in [1.54, 1.807) is 0 Å². The van der Waals surface area contributed by atoms with Gasteiger partial charge >= 0.3 is 31.7 Å². The molecule has 108 heavy (non-hydrogen) atoms. The van der Waals surface area contributed by atoms with Gasteiger partial charge in [-0.15, -0.1) is 0 Å². The first-order valence-corrected chi connectivity index (χ1v) is 45.4. The third-order valence-electron chi connectivity index (χ3n) is 21.1. The zero-order chi connectivity index (χ0) is 79.3. The van der Waals surface area contributed by atoms with Crippen molar-refractivity contribution in [3.05, 3.63) is 0 Å². The van der Waals surface area contributed by atoms with Crippen LogP contribution in [0, 0.1) is 0 Å². The van der Waals surface area contributed by atoms with Crippen LogP contribution in [0.1, 0.15) is 408 Å². The Labute approximate surface area is 652 Å². The quantitative estimate of drug-likeness (QED) is 0.0121. The Bertz CT molecular complexity index is 2300. The van der Waals surface area contributed by atoms with Crippen LogP contribution < -0.4 is 10.6 Å². The number of amides is 2. The van der Waals surface area contributed by atoms with Gasteiger partial charge in [-0.25, -0.2) is 4.57 Å². The van der Waals surface area contributed by atoms with E-state index in [9.17, 15) is 63.5 Å². The Kier molecular flexibility index (Phi) is 61.5. The summed E-state index contributed by atoms with van der Waals surface area (Å²) in [6, 6.07) is -3.37. The van der Waals surface area contributed by atoms with Crippen LogP contribution in [0.25, 0.3) is 0 Å². The first-order chi connectivity index (χ1) is 52.2. The van der Waals surface area contributed by atoms with Crippen molar-refractivity contribution in [3.63, 3.8) is 0 Å². The second-order valence-electron chi connectivity index (χ2n) is 31.2. The fraction of sp³-hybridized carbons (Fsp3) is 0.929. The first-order valence-electron chi connectivity index (χ1n) is 43.9. The number of unbranched alkanes of at least 4 members (excludes halogenated alkanes) is 42. The number of nitrogens with one attached hydrogen (secondary N) is 2. The van der Waals surface area contributed by atoms with Crippen LogP contribution in [-0.2, 0) is 71.0 Å². The van der Waals surface area contributed by atoms with Crippen LogP contribution in [0.15, 0.2) is 0 Å². The molecule has 2 amide bonds. The van der Waals surface area contributed by atoms with Gasteiger partial charge in [0.05, 0.1) is 32.5 Å². The molecule has 2 heterocycles. The molecule has 8 N–H and O–H groups in total. The molecule has 23 nitrogen and oxygen atoms in total. The predicted octanol–water partition coefficient (Wildman–Crippen LogP) is 17.6. The summed E-state index contributed by atoms with van der Waals surface area (Å²) in [7, 11) is -5.57. The van der Waals surface area contributed by atoms with E-state index in [1.165, 1.54) is 57.8 Å². The second kappa shape index (κ2) is 66.0. The van der Waals surface area contributed by atoms with Gasteiger partial charge < -0.3 is 74.0 Å². The number of hydrogen-bond donors (Lipinski definition) is 8. The van der Waals surface area contributed by atoms with Crippen LogP contribution in [0.3, 0.4) is 0 Å². The Morgan fingerprint density at radius 3 is 1.00 bits per heavy atom. The van der Waals surface area contributed by atoms with Crippen molar-refractivity contribution in [2.45, 2.75) is 487 Å². The normalized spacial score (nSPS) is 21.1. The number of aliphatic hydroxyl groups excluding tert-OH is 4. The van der Waals surface area contributed by atoms with Crippen LogP contribution in [0.4, 0.5) is 0 Å². The van der Waals surface area contributed by atoms with Gasteiger partial charge in [0.2, 0.25) is 11.8 Å². The number of carbonyl (C=O) groups is 6. The van der Waals surface area contributed by atoms with Crippen LogP contribution in [0.5, 0.6) is 0 Å². The minimum Gasteiger partial charge on any atom is -0.462 e. The number of ether oxygens (including phenoxy) is 7. The van der Waals surface area contributed by atoms with Crippen molar-refractivity contribution >= 4 is 43.5 Å². The maximum absolute atomic E-state index is 14.9. The van der Waals surface area contributed by atoms with Gasteiger partial charge in [-0.1, -0.05) is 311 Å². The SMILES string of the molecule is CCCCCCCCCCC[C@H](CC(=O)NC1C(O)OC(COC2OC(CO)C(OP(=O)(O)O)C(OC(=O)C[C@@H](CCCCCCCCCCC)OC(=O)CCCCCCCCC)C2NC(=O)C[C@@H](CCCCCCCCCCC)OC(=O)CCCCCCCCC)C(O)C1O)OC(=O)CCCCCCCCC. The fourth-order valence-electron chi connectivity index (χ4n) is 14.6. The average molecular weight is 1560 g/mol. The number of phosphoric acid groups is 1. The summed E-state index contributed by atoms with van der Waals surface area (Å²) in [5.74, 6) is -3.89. The molecule has 2 rings (SSSR count). The minimum absolute atomic E-state index is 0.121. The van der Waals surface area contributed by atoms with Gasteiger partial charge in [-0.2, -0.15) is 0 Å². The van der Waals surface area contributed by atoms with E-state index in [0.29, 0.717) is 51.4 Å². The molecule has 2 aliphatic rings. The molecule has 0 aromatic carbocycles. The smallest absolute Gasteiger partial charge is 0.462 e. The minimum atomic E-state index is -5.57. The number of hydrogen-bond acceptors (Lipinski definition) is 19. The van der Waals surface area contributed by atoms with Gasteiger partial charge in [-0.3, -0.25) is 33.3 Å². The van der Waals surface area contributed by atoms with Gasteiger partial charge in [0.1, 0.15) is 60.9 Å². The number of esters is 4. The van der Waals surface area contributed by atoms with E-state index in [0.717, 1.165) is 212 Å². The van der Waals surface area contributed by atoms with E-state index in [2.05, 4.69) is 52.2 Å². The summed E-state index contributed by atoms with van der Waals surface area (Å²) in [6.07, 6.45) is 31.1. The number of aliphatic hydroxyl groups is 4. The summed E-state index contributed by atoms with van der Waals surface area (Å²) >= 11 is 0. The monoisotopic (exact) mass is 1560 g/mol. The summed E-state index contributed by atoms with van der Waals surface area (Å²) < 4.78 is 60.9. The van der Waals surface area contributed by atoms with Gasteiger partial charge in [0.15, 0.2) is 18.7 Å². The average Bonchev–Trinajstić information content (AvgIpc) is 0.780. The van der Waals surface area contributed by atoms with E-state index in [1.807, 2.05) is 0 Å². The molecular weight excluding hydrogens is 1400 g/mol. The molecule has 2 aliphatic heterocycles. The second-order valence-corrected chi connectivity index (χ2v) is 32.4. The topological polar surface area (TPSA) is 339 Å². The predicted molar refractivity (Wildman–Crippen MR) is 422 cm³/mol. The van der Waals surface area contributed by atoms with Gasteiger partial charge in [0.25, 0.3) is 0 Å². The number of carbonyl (C=O) groups excluding carboxylic acids is 6. The maximum Gasteiger partial charge on any atom is 0.470 e. The zero-order valence-electron chi connectivity index (χ0n) is 68.5. The third kappa shape index (κ3) is 50.7. The summed E-state index contributed by atoms with van der Waals surface area (Å²) in [5.41, 5.74) is 0. The zero-order valence-corrected chi connectivity index (χ0v) is 69.4. The van der Waals surface area contributed by atoms with Gasteiger partial charge in [0, 0.05) is 19.3 Å². The summed E-state index contributed by atoms with van der Waals surface area (Å²) in [6.45, 7) is 11.2. The van der Waals surface area contributed by atoms with Crippen LogP contribution in [0.2, 0.25) is 0 Å². The van der Waals surface area contributed by atoms with Crippen molar-refractivity contribution in [2.24, 2.45) is 0 Å². The molecule has 0 bridgehead atoms. The van der Waals surface area contributed by atoms with E-state index < -0.39 is 149 Å². The fourth-order valence-corrected chi connectivity index (χ4v) is 15.1. The molecule has 13 atom stereocenters. The highest BCUT2D eigenvalue weighted by Crippen LogP contribution is 2.43. The largest absolute Gasteiger partial charge is 0.470 e. The summed E-state index contributed by atoms with van der Waals surface area (Å²) in [4.78, 5) is 105. The van der Waals surface area contributed by atoms with Crippen molar-refractivity contribution in [2.75, 3.05) is 13.2 Å². The highest BCUT2D eigenvalue weighted by Gasteiger charge is 2.53. The van der Waals surface area contributed by atoms with Crippen LogP contribution in [-0.4, -0.2) is 159 Å². The summed E-state index contributed by atoms with van der Waals surface area (Å²) in [5, 5.41) is 51.4. The lowest BCUT2D eigenvalue weighted by Crippen LogP contribution is -2.67. The highest BCUT2D eigenvalue weighted by molar-refractivity contribution is 7.46. The molecule has 0 saturated carbocycles. The Morgan fingerprint density at radius 2 is 0.676 bits per heavy atom. The molecule has 2 fully saturated rings. The number of rotatable bonds is 72. The lowest BCUT2D eigenvalue weighted by Gasteiger charge is -2.46. The molecule has 24 heteroatoms. The van der Waals surface area contributed by atoms with Crippen molar-refractivity contribution in [1.29, 1.82) is 0 Å². The maximum atomic E-state index is 14.9. The Hall–Kier alpha value is -3.35. The van der Waals surface area contributed by atoms with E-state index >= 15 is 0 Å². The molecule has 0 aliphatic carbocycles. The Balaban J connectivity index is 2.60. The van der Waals surface area contributed by atoms with Crippen molar-refractivity contribution in [1.82, 2.24) is 10.6 Å². The van der Waals surface area contributed by atoms with E-state index in [-0.39, 0.29) is 32.1 Å². The molecular formula is C84H157N2O21P. The molecule has 634 valence electrons. The molecule has 2 saturated heterocycles. The standard InChI is InChI=1S/C84H157N2O21P/c1-7-13-19-25-31-34-40-43-49-55-66(101-73(90)58-52-46-37-28-22-16-10-4)61-71(88)85-77-80(95)79(94)70(104-83(77)96)65-100-84-78(86-72(89)62-67(56-50-44-41-35-32-26-20-14-8-2)102-74(91)59-53-47-38-29-23-17-11-5)82(81(69(64-87)105-84)107-108(97,98)99)106-76(93)63-68(57-51-45-42-36-33-27-21-15-9-3)103-75(92)60-54-48-39-30-24-18-12-6/h66-70,77-84,87,94-96H,7-65H2,1-6H3,(H,85,88)(H,86,89)(H2,97,98,99)/t66-,67-,68-,69?,70?,77?,78?,79?,80?,81?,82?,83?,84?/m1/s1. The third-order valence-corrected chi connectivity index (χ3v) is 21.6. The molecule has 0 aromatic heterocycles. The molecule has 0 aromatic rings. The Morgan fingerprint density at radius 1 is 0.370 bits per heavy atom. The van der Waals surface area contributed by atoms with Crippen LogP contribution >= 0.6 is 7.82 Å². The lowest BCUT2D eigenvalue weighted by atomic mass is 9.95. The lowest BCUT2D eigenvalue weighted by molar-refractivity contribution is -0.297.